The van der Waals surface area contributed by atoms with Crippen molar-refractivity contribution < 1.29 is 5.11 Å². The van der Waals surface area contributed by atoms with Crippen LogP contribution < -0.4 is 0 Å². The molecule has 0 aliphatic carbocycles. The van der Waals surface area contributed by atoms with E-state index in [2.05, 4.69) is 75.4 Å². The van der Waals surface area contributed by atoms with Crippen molar-refractivity contribution in [2.75, 3.05) is 6.61 Å². The van der Waals surface area contributed by atoms with E-state index in [1.807, 2.05) is 0 Å². The standard InChI is InChI=1S/C21H28O/c1-16(2)21(15-22)20-11-9-19(10-12-20)14-17(3)13-18-7-5-4-6-8-18/h4-12,16-17,21-22H,13-15H2,1-3H3. The summed E-state index contributed by atoms with van der Waals surface area (Å²) >= 11 is 0. The fourth-order valence-electron chi connectivity index (χ4n) is 3.09. The van der Waals surface area contributed by atoms with Gasteiger partial charge in [0.25, 0.3) is 0 Å². The fraction of sp³-hybridized carbons (Fsp3) is 0.429. The van der Waals surface area contributed by atoms with E-state index in [4.69, 9.17) is 0 Å². The second kappa shape index (κ2) is 8.14. The van der Waals surface area contributed by atoms with Crippen LogP contribution in [0.4, 0.5) is 0 Å². The lowest BCUT2D eigenvalue weighted by Crippen LogP contribution is -2.11. The molecule has 1 nitrogen and oxygen atoms in total. The summed E-state index contributed by atoms with van der Waals surface area (Å²) < 4.78 is 0. The monoisotopic (exact) mass is 296 g/mol. The highest BCUT2D eigenvalue weighted by Gasteiger charge is 2.14. The molecule has 2 aromatic carbocycles. The maximum atomic E-state index is 9.53. The molecule has 0 aliphatic heterocycles. The summed E-state index contributed by atoms with van der Waals surface area (Å²) in [4.78, 5) is 0. The summed E-state index contributed by atoms with van der Waals surface area (Å²) in [5, 5.41) is 9.53. The first-order valence-electron chi connectivity index (χ1n) is 8.33. The average Bonchev–Trinajstić information content (AvgIpc) is 2.50. The van der Waals surface area contributed by atoms with Crippen LogP contribution in [0.3, 0.4) is 0 Å². The van der Waals surface area contributed by atoms with Crippen molar-refractivity contribution in [2.45, 2.75) is 39.5 Å². The Labute approximate surface area is 135 Å². The number of aliphatic hydroxyl groups is 1. The van der Waals surface area contributed by atoms with Gasteiger partial charge in [0, 0.05) is 5.92 Å². The number of benzene rings is 2. The highest BCUT2D eigenvalue weighted by atomic mass is 16.3. The number of hydrogen-bond donors (Lipinski definition) is 1. The van der Waals surface area contributed by atoms with Gasteiger partial charge < -0.3 is 5.11 Å². The quantitative estimate of drug-likeness (QED) is 0.775. The summed E-state index contributed by atoms with van der Waals surface area (Å²) in [6, 6.07) is 19.5. The Morgan fingerprint density at radius 1 is 0.773 bits per heavy atom. The second-order valence-corrected chi connectivity index (χ2v) is 6.77. The van der Waals surface area contributed by atoms with E-state index in [-0.39, 0.29) is 12.5 Å². The molecule has 0 saturated heterocycles. The van der Waals surface area contributed by atoms with Crippen LogP contribution in [0.5, 0.6) is 0 Å². The molecule has 2 aromatic rings. The Balaban J connectivity index is 1.96. The third-order valence-electron chi connectivity index (χ3n) is 4.42. The van der Waals surface area contributed by atoms with Crippen LogP contribution in [0.2, 0.25) is 0 Å². The van der Waals surface area contributed by atoms with Gasteiger partial charge in [-0.3, -0.25) is 0 Å². The van der Waals surface area contributed by atoms with Crippen molar-refractivity contribution in [1.82, 2.24) is 0 Å². The molecule has 0 heterocycles. The van der Waals surface area contributed by atoms with E-state index >= 15 is 0 Å². The molecule has 0 saturated carbocycles. The molecule has 0 amide bonds. The molecular formula is C21H28O. The first-order valence-corrected chi connectivity index (χ1v) is 8.33. The largest absolute Gasteiger partial charge is 0.396 e. The first kappa shape index (κ1) is 16.8. The molecule has 0 aliphatic rings. The van der Waals surface area contributed by atoms with Crippen LogP contribution in [0.1, 0.15) is 43.4 Å². The summed E-state index contributed by atoms with van der Waals surface area (Å²) in [6.07, 6.45) is 2.22. The molecular weight excluding hydrogens is 268 g/mol. The normalized spacial score (nSPS) is 14.0. The Morgan fingerprint density at radius 3 is 1.82 bits per heavy atom. The molecule has 0 fully saturated rings. The van der Waals surface area contributed by atoms with E-state index in [9.17, 15) is 5.11 Å². The topological polar surface area (TPSA) is 20.2 Å². The molecule has 118 valence electrons. The Hall–Kier alpha value is -1.60. The van der Waals surface area contributed by atoms with Crippen LogP contribution in [0.25, 0.3) is 0 Å². The van der Waals surface area contributed by atoms with E-state index in [1.54, 1.807) is 0 Å². The van der Waals surface area contributed by atoms with Gasteiger partial charge in [0.2, 0.25) is 0 Å². The van der Waals surface area contributed by atoms with Gasteiger partial charge in [-0.2, -0.15) is 0 Å². The Morgan fingerprint density at radius 2 is 1.32 bits per heavy atom. The highest BCUT2D eigenvalue weighted by molar-refractivity contribution is 5.26. The fourth-order valence-corrected chi connectivity index (χ4v) is 3.09. The zero-order valence-electron chi connectivity index (χ0n) is 14.0. The van der Waals surface area contributed by atoms with Gasteiger partial charge in [0.1, 0.15) is 0 Å². The number of aliphatic hydroxyl groups excluding tert-OH is 1. The Bertz CT molecular complexity index is 542. The Kier molecular flexibility index (Phi) is 6.21. The van der Waals surface area contributed by atoms with Gasteiger partial charge >= 0.3 is 0 Å². The molecule has 0 aromatic heterocycles. The van der Waals surface area contributed by atoms with Crippen LogP contribution in [0.15, 0.2) is 54.6 Å². The maximum absolute atomic E-state index is 9.53. The molecule has 2 unspecified atom stereocenters. The van der Waals surface area contributed by atoms with Crippen molar-refractivity contribution in [2.24, 2.45) is 11.8 Å². The van der Waals surface area contributed by atoms with Gasteiger partial charge in [-0.25, -0.2) is 0 Å². The van der Waals surface area contributed by atoms with Crippen LogP contribution in [0, 0.1) is 11.8 Å². The lowest BCUT2D eigenvalue weighted by atomic mass is 9.87. The number of rotatable bonds is 7. The maximum Gasteiger partial charge on any atom is 0.0502 e. The first-order chi connectivity index (χ1) is 10.6. The SMILES string of the molecule is CC(Cc1ccccc1)Cc1ccc(C(CO)C(C)C)cc1. The number of hydrogen-bond acceptors (Lipinski definition) is 1. The minimum Gasteiger partial charge on any atom is -0.396 e. The molecule has 0 spiro atoms. The molecule has 1 N–H and O–H groups in total. The van der Waals surface area contributed by atoms with Gasteiger partial charge in [-0.05, 0) is 41.4 Å². The van der Waals surface area contributed by atoms with E-state index in [1.165, 1.54) is 16.7 Å². The molecule has 1 heteroatoms. The van der Waals surface area contributed by atoms with Crippen LogP contribution >= 0.6 is 0 Å². The predicted molar refractivity (Wildman–Crippen MR) is 94.1 cm³/mol. The molecule has 2 atom stereocenters. The average molecular weight is 296 g/mol. The zero-order valence-corrected chi connectivity index (χ0v) is 14.0. The lowest BCUT2D eigenvalue weighted by Gasteiger charge is -2.19. The smallest absolute Gasteiger partial charge is 0.0502 e. The highest BCUT2D eigenvalue weighted by Crippen LogP contribution is 2.24. The summed E-state index contributed by atoms with van der Waals surface area (Å²) in [5.74, 6) is 1.34. The van der Waals surface area contributed by atoms with E-state index < -0.39 is 0 Å². The molecule has 22 heavy (non-hydrogen) atoms. The minimum atomic E-state index is 0.224. The molecule has 2 rings (SSSR count). The van der Waals surface area contributed by atoms with Gasteiger partial charge in [0.05, 0.1) is 6.61 Å². The van der Waals surface area contributed by atoms with Crippen molar-refractivity contribution >= 4 is 0 Å². The van der Waals surface area contributed by atoms with Crippen molar-refractivity contribution in [1.29, 1.82) is 0 Å². The minimum absolute atomic E-state index is 0.224. The third kappa shape index (κ3) is 4.71. The third-order valence-corrected chi connectivity index (χ3v) is 4.42. The summed E-state index contributed by atoms with van der Waals surface area (Å²) in [5.41, 5.74) is 4.04. The van der Waals surface area contributed by atoms with Gasteiger partial charge in [-0.15, -0.1) is 0 Å². The zero-order chi connectivity index (χ0) is 15.9. The predicted octanol–water partition coefficient (Wildman–Crippen LogP) is 4.84. The van der Waals surface area contributed by atoms with E-state index in [0.717, 1.165) is 12.8 Å². The lowest BCUT2D eigenvalue weighted by molar-refractivity contribution is 0.237. The van der Waals surface area contributed by atoms with Crippen molar-refractivity contribution in [3.63, 3.8) is 0 Å². The molecule has 0 bridgehead atoms. The second-order valence-electron chi connectivity index (χ2n) is 6.77. The molecule has 0 radical (unpaired) electrons. The van der Waals surface area contributed by atoms with E-state index in [0.29, 0.717) is 11.8 Å². The summed E-state index contributed by atoms with van der Waals surface area (Å²) in [7, 11) is 0. The van der Waals surface area contributed by atoms with Crippen molar-refractivity contribution in [3.8, 4) is 0 Å². The summed E-state index contributed by atoms with van der Waals surface area (Å²) in [6.45, 7) is 6.86. The van der Waals surface area contributed by atoms with Gasteiger partial charge in [0.15, 0.2) is 0 Å². The van der Waals surface area contributed by atoms with Crippen LogP contribution in [-0.4, -0.2) is 11.7 Å². The van der Waals surface area contributed by atoms with Crippen molar-refractivity contribution in [3.05, 3.63) is 71.3 Å². The van der Waals surface area contributed by atoms with Crippen LogP contribution in [-0.2, 0) is 12.8 Å². The van der Waals surface area contributed by atoms with Gasteiger partial charge in [-0.1, -0.05) is 75.4 Å².